The van der Waals surface area contributed by atoms with Gasteiger partial charge in [-0.15, -0.1) is 0 Å². The van der Waals surface area contributed by atoms with Crippen molar-refractivity contribution < 1.29 is 4.79 Å². The number of rotatable bonds is 3. The SMILES string of the molecule is O=C(NCC12CC3CC(CC(C3)C1)C2)Nc1ccc2ccccc2c1. The molecular weight excluding hydrogens is 308 g/mol. The average molecular weight is 334 g/mol. The quantitative estimate of drug-likeness (QED) is 0.798. The maximum absolute atomic E-state index is 12.4. The summed E-state index contributed by atoms with van der Waals surface area (Å²) in [5.74, 6) is 2.78. The molecule has 25 heavy (non-hydrogen) atoms. The number of urea groups is 1. The minimum Gasteiger partial charge on any atom is -0.337 e. The lowest BCUT2D eigenvalue weighted by Gasteiger charge is -2.56. The molecule has 4 aliphatic carbocycles. The molecule has 3 nitrogen and oxygen atoms in total. The van der Waals surface area contributed by atoms with E-state index < -0.39 is 0 Å². The minimum atomic E-state index is -0.0639. The van der Waals surface area contributed by atoms with Crippen molar-refractivity contribution in [1.29, 1.82) is 0 Å². The van der Waals surface area contributed by atoms with Crippen LogP contribution < -0.4 is 10.6 Å². The second kappa shape index (κ2) is 5.76. The van der Waals surface area contributed by atoms with Gasteiger partial charge in [0.2, 0.25) is 0 Å². The van der Waals surface area contributed by atoms with Crippen LogP contribution in [0, 0.1) is 23.2 Å². The highest BCUT2D eigenvalue weighted by molar-refractivity contribution is 5.93. The van der Waals surface area contributed by atoms with Crippen molar-refractivity contribution in [3.05, 3.63) is 42.5 Å². The van der Waals surface area contributed by atoms with Crippen LogP contribution in [0.3, 0.4) is 0 Å². The first kappa shape index (κ1) is 15.2. The van der Waals surface area contributed by atoms with E-state index in [2.05, 4.69) is 28.8 Å². The second-order valence-electron chi connectivity index (χ2n) is 8.79. The van der Waals surface area contributed by atoms with Crippen LogP contribution in [0.4, 0.5) is 10.5 Å². The number of benzene rings is 2. The van der Waals surface area contributed by atoms with Crippen LogP contribution in [0.2, 0.25) is 0 Å². The number of carbonyl (C=O) groups is 1. The Morgan fingerprint density at radius 3 is 2.24 bits per heavy atom. The van der Waals surface area contributed by atoms with E-state index in [1.807, 2.05) is 24.3 Å². The van der Waals surface area contributed by atoms with Gasteiger partial charge in [-0.2, -0.15) is 0 Å². The zero-order valence-corrected chi connectivity index (χ0v) is 14.6. The standard InChI is InChI=1S/C22H26N2O/c25-21(24-20-6-5-18-3-1-2-4-19(18)10-20)23-14-22-11-15-7-16(12-22)9-17(8-15)13-22/h1-6,10,15-17H,7-9,11-14H2,(H2,23,24,25). The molecule has 0 atom stereocenters. The van der Waals surface area contributed by atoms with Gasteiger partial charge in [0.05, 0.1) is 0 Å². The molecular formula is C22H26N2O. The third kappa shape index (κ3) is 2.90. The van der Waals surface area contributed by atoms with Crippen LogP contribution in [0.15, 0.2) is 42.5 Å². The Morgan fingerprint density at radius 2 is 1.56 bits per heavy atom. The highest BCUT2D eigenvalue weighted by Gasteiger charge is 2.50. The monoisotopic (exact) mass is 334 g/mol. The predicted octanol–water partition coefficient (Wildman–Crippen LogP) is 5.18. The smallest absolute Gasteiger partial charge is 0.319 e. The van der Waals surface area contributed by atoms with E-state index in [4.69, 9.17) is 0 Å². The second-order valence-corrected chi connectivity index (χ2v) is 8.79. The summed E-state index contributed by atoms with van der Waals surface area (Å²) in [6.45, 7) is 0.843. The zero-order chi connectivity index (χ0) is 16.9. The number of nitrogens with one attached hydrogen (secondary N) is 2. The van der Waals surface area contributed by atoms with Crippen LogP contribution >= 0.6 is 0 Å². The third-order valence-corrected chi connectivity index (χ3v) is 6.80. The maximum Gasteiger partial charge on any atom is 0.319 e. The van der Waals surface area contributed by atoms with Gasteiger partial charge < -0.3 is 10.6 Å². The molecule has 0 saturated heterocycles. The highest BCUT2D eigenvalue weighted by atomic mass is 16.2. The van der Waals surface area contributed by atoms with E-state index >= 15 is 0 Å². The molecule has 0 aliphatic heterocycles. The summed E-state index contributed by atoms with van der Waals surface area (Å²) in [5, 5.41) is 8.55. The maximum atomic E-state index is 12.4. The molecule has 3 heteroatoms. The molecule has 0 unspecified atom stereocenters. The lowest BCUT2D eigenvalue weighted by Crippen LogP contribution is -2.51. The molecule has 2 amide bonds. The molecule has 4 bridgehead atoms. The largest absolute Gasteiger partial charge is 0.337 e. The Balaban J connectivity index is 1.23. The fourth-order valence-corrected chi connectivity index (χ4v) is 6.22. The van der Waals surface area contributed by atoms with Crippen molar-refractivity contribution in [1.82, 2.24) is 5.32 Å². The first-order chi connectivity index (χ1) is 12.2. The molecule has 2 aromatic carbocycles. The summed E-state index contributed by atoms with van der Waals surface area (Å²) >= 11 is 0. The molecule has 0 heterocycles. The highest BCUT2D eigenvalue weighted by Crippen LogP contribution is 2.59. The van der Waals surface area contributed by atoms with Gasteiger partial charge in [-0.1, -0.05) is 30.3 Å². The summed E-state index contributed by atoms with van der Waals surface area (Å²) in [5.41, 5.74) is 1.25. The normalized spacial score (nSPS) is 32.7. The lowest BCUT2D eigenvalue weighted by atomic mass is 9.49. The van der Waals surface area contributed by atoms with E-state index in [9.17, 15) is 4.79 Å². The van der Waals surface area contributed by atoms with Crippen molar-refractivity contribution in [2.75, 3.05) is 11.9 Å². The number of amides is 2. The van der Waals surface area contributed by atoms with Crippen molar-refractivity contribution in [3.8, 4) is 0 Å². The van der Waals surface area contributed by atoms with Crippen LogP contribution in [-0.4, -0.2) is 12.6 Å². The van der Waals surface area contributed by atoms with Gasteiger partial charge in [-0.05, 0) is 84.6 Å². The Kier molecular flexibility index (Phi) is 3.51. The number of carbonyl (C=O) groups excluding carboxylic acids is 1. The van der Waals surface area contributed by atoms with Gasteiger partial charge >= 0.3 is 6.03 Å². The summed E-state index contributed by atoms with van der Waals surface area (Å²) in [7, 11) is 0. The first-order valence-corrected chi connectivity index (χ1v) is 9.71. The summed E-state index contributed by atoms with van der Waals surface area (Å²) in [6.07, 6.45) is 8.33. The van der Waals surface area contributed by atoms with Crippen molar-refractivity contribution in [2.45, 2.75) is 38.5 Å². The van der Waals surface area contributed by atoms with Gasteiger partial charge in [0.15, 0.2) is 0 Å². The number of fused-ring (bicyclic) bond motifs is 1. The number of hydrogen-bond donors (Lipinski definition) is 2. The third-order valence-electron chi connectivity index (χ3n) is 6.80. The van der Waals surface area contributed by atoms with Crippen LogP contribution in [0.5, 0.6) is 0 Å². The molecule has 6 rings (SSSR count). The Labute approximate surface area is 149 Å². The van der Waals surface area contributed by atoms with Gasteiger partial charge in [-0.3, -0.25) is 0 Å². The number of anilines is 1. The summed E-state index contributed by atoms with van der Waals surface area (Å²) in [4.78, 5) is 12.4. The molecule has 0 spiro atoms. The molecule has 0 aromatic heterocycles. The molecule has 2 aromatic rings. The van der Waals surface area contributed by atoms with Gasteiger partial charge in [0, 0.05) is 12.2 Å². The van der Waals surface area contributed by atoms with Gasteiger partial charge in [-0.25, -0.2) is 4.79 Å². The fraction of sp³-hybridized carbons (Fsp3) is 0.500. The molecule has 130 valence electrons. The van der Waals surface area contributed by atoms with Crippen molar-refractivity contribution in [3.63, 3.8) is 0 Å². The fourth-order valence-electron chi connectivity index (χ4n) is 6.22. The Morgan fingerprint density at radius 1 is 0.920 bits per heavy atom. The first-order valence-electron chi connectivity index (χ1n) is 9.71. The molecule has 4 saturated carbocycles. The van der Waals surface area contributed by atoms with Crippen molar-refractivity contribution in [2.24, 2.45) is 23.2 Å². The summed E-state index contributed by atoms with van der Waals surface area (Å²) < 4.78 is 0. The van der Waals surface area contributed by atoms with E-state index in [0.717, 1.165) is 35.4 Å². The number of hydrogen-bond acceptors (Lipinski definition) is 1. The topological polar surface area (TPSA) is 41.1 Å². The van der Waals surface area contributed by atoms with Gasteiger partial charge in [0.25, 0.3) is 0 Å². The van der Waals surface area contributed by atoms with E-state index in [0.29, 0.717) is 5.41 Å². The Hall–Kier alpha value is -2.03. The zero-order valence-electron chi connectivity index (χ0n) is 14.6. The Bertz CT molecular complexity index is 777. The van der Waals surface area contributed by atoms with Crippen LogP contribution in [-0.2, 0) is 0 Å². The van der Waals surface area contributed by atoms with Crippen LogP contribution in [0.25, 0.3) is 10.8 Å². The van der Waals surface area contributed by atoms with E-state index in [-0.39, 0.29) is 6.03 Å². The predicted molar refractivity (Wildman–Crippen MR) is 102 cm³/mol. The van der Waals surface area contributed by atoms with Crippen molar-refractivity contribution >= 4 is 22.5 Å². The van der Waals surface area contributed by atoms with Crippen LogP contribution in [0.1, 0.15) is 38.5 Å². The minimum absolute atomic E-state index is 0.0639. The molecule has 4 aliphatic rings. The average Bonchev–Trinajstić information content (AvgIpc) is 2.59. The molecule has 4 fully saturated rings. The van der Waals surface area contributed by atoms with E-state index in [1.54, 1.807) is 0 Å². The molecule has 2 N–H and O–H groups in total. The van der Waals surface area contributed by atoms with E-state index in [1.165, 1.54) is 43.9 Å². The lowest BCUT2D eigenvalue weighted by molar-refractivity contribution is -0.0496. The molecule has 0 radical (unpaired) electrons. The van der Waals surface area contributed by atoms with Gasteiger partial charge in [0.1, 0.15) is 0 Å². The summed E-state index contributed by atoms with van der Waals surface area (Å²) in [6, 6.07) is 14.2.